The van der Waals surface area contributed by atoms with E-state index >= 15 is 0 Å². The fraction of sp³-hybridized carbons (Fsp3) is 0.231. The third-order valence-electron chi connectivity index (χ3n) is 2.56. The predicted molar refractivity (Wildman–Crippen MR) is 70.5 cm³/mol. The van der Waals surface area contributed by atoms with Gasteiger partial charge in [-0.3, -0.25) is 0 Å². The second-order valence-corrected chi connectivity index (χ2v) is 3.74. The molecule has 1 heterocycles. The van der Waals surface area contributed by atoms with E-state index in [0.717, 1.165) is 5.69 Å². The normalized spacial score (nSPS) is 10.2. The number of carbonyl (C=O) groups excluding carboxylic acids is 1. The van der Waals surface area contributed by atoms with E-state index in [1.54, 1.807) is 6.92 Å². The zero-order valence-electron chi connectivity index (χ0n) is 10.8. The number of aromatic nitrogens is 2. The number of methoxy groups -OCH3 is 1. The summed E-state index contributed by atoms with van der Waals surface area (Å²) in [6.07, 6.45) is 0. The highest BCUT2D eigenvalue weighted by atomic mass is 16.5. The minimum absolute atomic E-state index is 0.146. The van der Waals surface area contributed by atoms with E-state index in [2.05, 4.69) is 5.10 Å². The lowest BCUT2D eigenvalue weighted by atomic mass is 10.3. The number of hydrogen-bond donors (Lipinski definition) is 1. The third-order valence-corrected chi connectivity index (χ3v) is 2.56. The Hall–Kier alpha value is -2.50. The number of carbonyl (C=O) groups is 1. The molecule has 0 spiro atoms. The lowest BCUT2D eigenvalue weighted by Crippen LogP contribution is -2.09. The summed E-state index contributed by atoms with van der Waals surface area (Å²) in [5.41, 5.74) is 6.85. The van der Waals surface area contributed by atoms with Crippen LogP contribution in [0.3, 0.4) is 0 Å². The highest BCUT2D eigenvalue weighted by Gasteiger charge is 2.24. The molecule has 0 radical (unpaired) electrons. The molecule has 6 heteroatoms. The van der Waals surface area contributed by atoms with Crippen LogP contribution in [-0.2, 0) is 4.74 Å². The summed E-state index contributed by atoms with van der Waals surface area (Å²) >= 11 is 0. The number of rotatable bonds is 4. The average Bonchev–Trinajstić information content (AvgIpc) is 2.77. The van der Waals surface area contributed by atoms with Gasteiger partial charge in [-0.1, -0.05) is 18.2 Å². The maximum atomic E-state index is 11.9. The number of nitrogen functional groups attached to an aromatic ring is 1. The van der Waals surface area contributed by atoms with E-state index in [4.69, 9.17) is 15.2 Å². The maximum absolute atomic E-state index is 11.9. The highest BCUT2D eigenvalue weighted by molar-refractivity contribution is 5.97. The molecule has 0 fully saturated rings. The number of para-hydroxylation sites is 1. The first-order valence-corrected chi connectivity index (χ1v) is 5.84. The standard InChI is InChI=1S/C13H15N3O3/c1-3-19-13(17)10-11(14)16(15-12(10)18-2)9-7-5-4-6-8-9/h4-8H,3,14H2,1-2H3. The van der Waals surface area contributed by atoms with Crippen molar-refractivity contribution >= 4 is 11.8 Å². The van der Waals surface area contributed by atoms with Crippen molar-refractivity contribution in [1.82, 2.24) is 9.78 Å². The molecule has 2 rings (SSSR count). The van der Waals surface area contributed by atoms with Gasteiger partial charge < -0.3 is 15.2 Å². The Morgan fingerprint density at radius 2 is 2.05 bits per heavy atom. The van der Waals surface area contributed by atoms with Gasteiger partial charge in [-0.05, 0) is 19.1 Å². The molecule has 100 valence electrons. The first kappa shape index (κ1) is 12.9. The van der Waals surface area contributed by atoms with Gasteiger partial charge in [-0.15, -0.1) is 5.10 Å². The number of anilines is 1. The van der Waals surface area contributed by atoms with Crippen LogP contribution in [-0.4, -0.2) is 29.5 Å². The van der Waals surface area contributed by atoms with Crippen molar-refractivity contribution in [1.29, 1.82) is 0 Å². The molecule has 0 amide bonds. The molecule has 0 unspecified atom stereocenters. The van der Waals surface area contributed by atoms with Gasteiger partial charge in [0.2, 0.25) is 5.88 Å². The molecular weight excluding hydrogens is 246 g/mol. The van der Waals surface area contributed by atoms with E-state index in [-0.39, 0.29) is 23.9 Å². The van der Waals surface area contributed by atoms with Crippen LogP contribution in [0.4, 0.5) is 5.82 Å². The Labute approximate surface area is 110 Å². The average molecular weight is 261 g/mol. The van der Waals surface area contributed by atoms with Gasteiger partial charge in [0.15, 0.2) is 5.56 Å². The number of esters is 1. The van der Waals surface area contributed by atoms with Crippen LogP contribution in [0.25, 0.3) is 5.69 Å². The third kappa shape index (κ3) is 2.37. The minimum atomic E-state index is -0.543. The van der Waals surface area contributed by atoms with Crippen molar-refractivity contribution in [3.05, 3.63) is 35.9 Å². The Morgan fingerprint density at radius 1 is 1.37 bits per heavy atom. The SMILES string of the molecule is CCOC(=O)c1c(OC)nn(-c2ccccc2)c1N. The quantitative estimate of drug-likeness (QED) is 0.846. The minimum Gasteiger partial charge on any atom is -0.479 e. The van der Waals surface area contributed by atoms with Crippen LogP contribution in [0.15, 0.2) is 30.3 Å². The van der Waals surface area contributed by atoms with Crippen molar-refractivity contribution in [2.45, 2.75) is 6.92 Å². The Bertz CT molecular complexity index is 578. The first-order valence-electron chi connectivity index (χ1n) is 5.84. The largest absolute Gasteiger partial charge is 0.479 e. The molecule has 0 saturated carbocycles. The summed E-state index contributed by atoms with van der Waals surface area (Å²) < 4.78 is 11.5. The Kier molecular flexibility index (Phi) is 3.70. The van der Waals surface area contributed by atoms with E-state index in [0.29, 0.717) is 0 Å². The first-order chi connectivity index (χ1) is 9.19. The van der Waals surface area contributed by atoms with Crippen molar-refractivity contribution < 1.29 is 14.3 Å². The van der Waals surface area contributed by atoms with Gasteiger partial charge in [-0.2, -0.15) is 0 Å². The van der Waals surface area contributed by atoms with Crippen LogP contribution in [0.2, 0.25) is 0 Å². The van der Waals surface area contributed by atoms with Gasteiger partial charge in [0.05, 0.1) is 19.4 Å². The number of benzene rings is 1. The van der Waals surface area contributed by atoms with Crippen LogP contribution in [0.1, 0.15) is 17.3 Å². The molecule has 0 aliphatic rings. The summed E-state index contributed by atoms with van der Waals surface area (Å²) in [7, 11) is 1.43. The Balaban J connectivity index is 2.51. The molecule has 1 aromatic heterocycles. The van der Waals surface area contributed by atoms with Gasteiger partial charge in [0.1, 0.15) is 5.82 Å². The fourth-order valence-electron chi connectivity index (χ4n) is 1.71. The van der Waals surface area contributed by atoms with Crippen molar-refractivity contribution in [3.8, 4) is 11.6 Å². The van der Waals surface area contributed by atoms with Crippen molar-refractivity contribution in [2.75, 3.05) is 19.5 Å². The summed E-state index contributed by atoms with van der Waals surface area (Å²) in [6.45, 7) is 1.99. The predicted octanol–water partition coefficient (Wildman–Crippen LogP) is 1.64. The second kappa shape index (κ2) is 5.43. The van der Waals surface area contributed by atoms with E-state index in [1.165, 1.54) is 11.8 Å². The summed E-state index contributed by atoms with van der Waals surface area (Å²) in [5, 5.41) is 4.17. The topological polar surface area (TPSA) is 79.4 Å². The molecule has 6 nitrogen and oxygen atoms in total. The second-order valence-electron chi connectivity index (χ2n) is 3.74. The fourth-order valence-corrected chi connectivity index (χ4v) is 1.71. The van der Waals surface area contributed by atoms with Gasteiger partial charge in [0, 0.05) is 0 Å². The van der Waals surface area contributed by atoms with E-state index in [9.17, 15) is 4.79 Å². The van der Waals surface area contributed by atoms with Crippen LogP contribution >= 0.6 is 0 Å². The van der Waals surface area contributed by atoms with E-state index < -0.39 is 5.97 Å². The molecule has 1 aromatic carbocycles. The number of nitrogens with zero attached hydrogens (tertiary/aromatic N) is 2. The molecule has 0 aliphatic carbocycles. The van der Waals surface area contributed by atoms with Crippen molar-refractivity contribution in [3.63, 3.8) is 0 Å². The zero-order valence-corrected chi connectivity index (χ0v) is 10.8. The number of hydrogen-bond acceptors (Lipinski definition) is 5. The lowest BCUT2D eigenvalue weighted by molar-refractivity contribution is 0.0524. The monoisotopic (exact) mass is 261 g/mol. The molecule has 0 atom stereocenters. The molecule has 2 N–H and O–H groups in total. The van der Waals surface area contributed by atoms with Gasteiger partial charge in [0.25, 0.3) is 0 Å². The summed E-state index contributed by atoms with van der Waals surface area (Å²) in [5.74, 6) is -0.194. The van der Waals surface area contributed by atoms with Crippen LogP contribution in [0, 0.1) is 0 Å². The molecule has 0 saturated heterocycles. The number of ether oxygens (including phenoxy) is 2. The maximum Gasteiger partial charge on any atom is 0.347 e. The summed E-state index contributed by atoms with van der Waals surface area (Å²) in [6, 6.07) is 9.25. The van der Waals surface area contributed by atoms with E-state index in [1.807, 2.05) is 30.3 Å². The molecule has 19 heavy (non-hydrogen) atoms. The van der Waals surface area contributed by atoms with Crippen molar-refractivity contribution in [2.24, 2.45) is 0 Å². The van der Waals surface area contributed by atoms with Crippen LogP contribution < -0.4 is 10.5 Å². The lowest BCUT2D eigenvalue weighted by Gasteiger charge is -2.04. The van der Waals surface area contributed by atoms with Crippen LogP contribution in [0.5, 0.6) is 5.88 Å². The number of nitrogens with two attached hydrogens (primary N) is 1. The molecular formula is C13H15N3O3. The van der Waals surface area contributed by atoms with Gasteiger partial charge >= 0.3 is 5.97 Å². The smallest absolute Gasteiger partial charge is 0.347 e. The zero-order chi connectivity index (χ0) is 13.8. The molecule has 2 aromatic rings. The molecule has 0 aliphatic heterocycles. The van der Waals surface area contributed by atoms with Gasteiger partial charge in [-0.25, -0.2) is 9.48 Å². The highest BCUT2D eigenvalue weighted by Crippen LogP contribution is 2.27. The Morgan fingerprint density at radius 3 is 2.63 bits per heavy atom. The summed E-state index contributed by atoms with van der Waals surface area (Å²) in [4.78, 5) is 11.9. The molecule has 0 bridgehead atoms.